The fraction of sp³-hybridized carbons (Fsp3) is 0.933. The Morgan fingerprint density at radius 3 is 2.58 bits per heavy atom. The third-order valence-electron chi connectivity index (χ3n) is 4.74. The molecule has 3 nitrogen and oxygen atoms in total. The van der Waals surface area contributed by atoms with Gasteiger partial charge in [-0.2, -0.15) is 0 Å². The second-order valence-electron chi connectivity index (χ2n) is 6.78. The average Bonchev–Trinajstić information content (AvgIpc) is 2.26. The highest BCUT2D eigenvalue weighted by atomic mass is 35.5. The lowest BCUT2D eigenvalue weighted by atomic mass is 9.64. The number of amides is 1. The molecule has 4 heteroatoms. The van der Waals surface area contributed by atoms with Gasteiger partial charge < -0.3 is 10.6 Å². The third kappa shape index (κ3) is 3.85. The van der Waals surface area contributed by atoms with Crippen LogP contribution in [0.4, 0.5) is 0 Å². The van der Waals surface area contributed by atoms with Crippen LogP contribution in [0.25, 0.3) is 0 Å². The fourth-order valence-corrected chi connectivity index (χ4v) is 3.41. The van der Waals surface area contributed by atoms with Gasteiger partial charge in [-0.1, -0.05) is 27.2 Å². The first-order valence-corrected chi connectivity index (χ1v) is 7.55. The zero-order valence-electron chi connectivity index (χ0n) is 12.5. The van der Waals surface area contributed by atoms with Crippen molar-refractivity contribution >= 4 is 18.3 Å². The first-order chi connectivity index (χ1) is 8.53. The minimum Gasteiger partial charge on any atom is -0.351 e. The zero-order valence-corrected chi connectivity index (χ0v) is 13.3. The summed E-state index contributed by atoms with van der Waals surface area (Å²) in [7, 11) is 0. The molecule has 2 aliphatic rings. The molecule has 2 rings (SSSR count). The van der Waals surface area contributed by atoms with Gasteiger partial charge >= 0.3 is 0 Å². The van der Waals surface area contributed by atoms with Crippen molar-refractivity contribution in [1.29, 1.82) is 0 Å². The molecular weight excluding hydrogens is 260 g/mol. The van der Waals surface area contributed by atoms with Crippen LogP contribution in [0.3, 0.4) is 0 Å². The van der Waals surface area contributed by atoms with Crippen LogP contribution in [0.2, 0.25) is 0 Å². The summed E-state index contributed by atoms with van der Waals surface area (Å²) in [5.74, 6) is 1.53. The third-order valence-corrected chi connectivity index (χ3v) is 4.74. The molecule has 0 radical (unpaired) electrons. The van der Waals surface area contributed by atoms with Gasteiger partial charge in [-0.3, -0.25) is 4.79 Å². The van der Waals surface area contributed by atoms with Crippen molar-refractivity contribution in [2.24, 2.45) is 17.3 Å². The summed E-state index contributed by atoms with van der Waals surface area (Å²) in [5, 5.41) is 6.70. The van der Waals surface area contributed by atoms with Crippen molar-refractivity contribution in [1.82, 2.24) is 10.6 Å². The second kappa shape index (κ2) is 6.94. The van der Waals surface area contributed by atoms with E-state index in [9.17, 15) is 4.79 Å². The van der Waals surface area contributed by atoms with Crippen LogP contribution in [-0.4, -0.2) is 25.0 Å². The topological polar surface area (TPSA) is 41.1 Å². The summed E-state index contributed by atoms with van der Waals surface area (Å²) in [6, 6.07) is 0.330. The number of piperidine rings is 1. The number of nitrogens with one attached hydrogen (secondary N) is 2. The van der Waals surface area contributed by atoms with Crippen LogP contribution in [0.15, 0.2) is 0 Å². The van der Waals surface area contributed by atoms with E-state index in [0.29, 0.717) is 23.8 Å². The zero-order chi connectivity index (χ0) is 13.2. The van der Waals surface area contributed by atoms with Crippen LogP contribution in [0.1, 0.15) is 52.9 Å². The van der Waals surface area contributed by atoms with Crippen LogP contribution >= 0.6 is 12.4 Å². The quantitative estimate of drug-likeness (QED) is 0.835. The Kier molecular flexibility index (Phi) is 6.13. The Morgan fingerprint density at radius 2 is 2.11 bits per heavy atom. The maximum atomic E-state index is 12.6. The van der Waals surface area contributed by atoms with Gasteiger partial charge in [0.25, 0.3) is 0 Å². The van der Waals surface area contributed by atoms with Gasteiger partial charge in [0.15, 0.2) is 0 Å². The van der Waals surface area contributed by atoms with E-state index in [1.54, 1.807) is 0 Å². The molecule has 1 aliphatic heterocycles. The standard InChI is InChI=1S/C15H28N2O.ClH/c1-11(2)9-15(6-4-7-15)14(18)17-13-10-16-8-5-12(13)3;/h11-13,16H,4-10H2,1-3H3,(H,17,18);1H. The first-order valence-electron chi connectivity index (χ1n) is 7.55. The molecular formula is C15H29ClN2O. The van der Waals surface area contributed by atoms with Gasteiger partial charge in [0.2, 0.25) is 5.91 Å². The smallest absolute Gasteiger partial charge is 0.226 e. The SMILES string of the molecule is CC(C)CC1(C(=O)NC2CNCCC2C)CCC1.Cl. The lowest BCUT2D eigenvalue weighted by Crippen LogP contribution is -2.55. The molecule has 0 bridgehead atoms. The minimum atomic E-state index is -0.0364. The van der Waals surface area contributed by atoms with E-state index in [-0.39, 0.29) is 17.8 Å². The van der Waals surface area contributed by atoms with Gasteiger partial charge in [0.05, 0.1) is 0 Å². The summed E-state index contributed by atoms with van der Waals surface area (Å²) < 4.78 is 0. The number of hydrogen-bond donors (Lipinski definition) is 2. The number of hydrogen-bond acceptors (Lipinski definition) is 2. The summed E-state index contributed by atoms with van der Waals surface area (Å²) in [5.41, 5.74) is -0.0364. The predicted molar refractivity (Wildman–Crippen MR) is 81.6 cm³/mol. The molecule has 2 N–H and O–H groups in total. The van der Waals surface area contributed by atoms with Crippen molar-refractivity contribution in [2.45, 2.75) is 58.9 Å². The van der Waals surface area contributed by atoms with Gasteiger partial charge in [0.1, 0.15) is 0 Å². The van der Waals surface area contributed by atoms with Gasteiger partial charge in [-0.05, 0) is 44.1 Å². The van der Waals surface area contributed by atoms with E-state index < -0.39 is 0 Å². The summed E-state index contributed by atoms with van der Waals surface area (Å²) in [6.07, 6.45) is 5.62. The van der Waals surface area contributed by atoms with Crippen molar-refractivity contribution < 1.29 is 4.79 Å². The Bertz CT molecular complexity index is 303. The summed E-state index contributed by atoms with van der Waals surface area (Å²) in [4.78, 5) is 12.6. The maximum absolute atomic E-state index is 12.6. The van der Waals surface area contributed by atoms with E-state index in [0.717, 1.165) is 32.4 Å². The van der Waals surface area contributed by atoms with E-state index >= 15 is 0 Å². The molecule has 1 saturated carbocycles. The lowest BCUT2D eigenvalue weighted by molar-refractivity contribution is -0.138. The number of rotatable bonds is 4. The maximum Gasteiger partial charge on any atom is 0.226 e. The van der Waals surface area contributed by atoms with E-state index in [1.807, 2.05) is 0 Å². The van der Waals surface area contributed by atoms with E-state index in [4.69, 9.17) is 0 Å². The molecule has 2 fully saturated rings. The second-order valence-corrected chi connectivity index (χ2v) is 6.78. The molecule has 1 amide bonds. The molecule has 1 heterocycles. The molecule has 1 aliphatic carbocycles. The van der Waals surface area contributed by atoms with Crippen LogP contribution < -0.4 is 10.6 Å². The monoisotopic (exact) mass is 288 g/mol. The highest BCUT2D eigenvalue weighted by Gasteiger charge is 2.45. The van der Waals surface area contributed by atoms with Crippen molar-refractivity contribution in [3.05, 3.63) is 0 Å². The Morgan fingerprint density at radius 1 is 1.42 bits per heavy atom. The van der Waals surface area contributed by atoms with Crippen molar-refractivity contribution in [2.75, 3.05) is 13.1 Å². The van der Waals surface area contributed by atoms with Gasteiger partial charge in [-0.25, -0.2) is 0 Å². The van der Waals surface area contributed by atoms with Crippen molar-refractivity contribution in [3.8, 4) is 0 Å². The normalized spacial score (nSPS) is 29.3. The first kappa shape index (κ1) is 16.8. The molecule has 0 spiro atoms. The van der Waals surface area contributed by atoms with Crippen LogP contribution in [0, 0.1) is 17.3 Å². The highest BCUT2D eigenvalue weighted by Crippen LogP contribution is 2.46. The van der Waals surface area contributed by atoms with Gasteiger partial charge in [0, 0.05) is 18.0 Å². The Labute approximate surface area is 123 Å². The average molecular weight is 289 g/mol. The summed E-state index contributed by atoms with van der Waals surface area (Å²) in [6.45, 7) is 8.72. The highest BCUT2D eigenvalue weighted by molar-refractivity contribution is 5.85. The minimum absolute atomic E-state index is 0. The molecule has 0 aromatic rings. The van der Waals surface area contributed by atoms with Gasteiger partial charge in [-0.15, -0.1) is 12.4 Å². The number of carbonyl (C=O) groups excluding carboxylic acids is 1. The van der Waals surface area contributed by atoms with Crippen LogP contribution in [-0.2, 0) is 4.79 Å². The molecule has 112 valence electrons. The Hall–Kier alpha value is -0.280. The summed E-state index contributed by atoms with van der Waals surface area (Å²) >= 11 is 0. The number of halogens is 1. The molecule has 2 unspecified atom stereocenters. The number of carbonyl (C=O) groups is 1. The van der Waals surface area contributed by atoms with E-state index in [2.05, 4.69) is 31.4 Å². The molecule has 19 heavy (non-hydrogen) atoms. The molecule has 0 aromatic carbocycles. The van der Waals surface area contributed by atoms with E-state index in [1.165, 1.54) is 12.8 Å². The fourth-order valence-electron chi connectivity index (χ4n) is 3.41. The van der Waals surface area contributed by atoms with Crippen LogP contribution in [0.5, 0.6) is 0 Å². The molecule has 1 saturated heterocycles. The largest absolute Gasteiger partial charge is 0.351 e. The predicted octanol–water partition coefficient (Wildman–Crippen LogP) is 2.74. The molecule has 2 atom stereocenters. The lowest BCUT2D eigenvalue weighted by Gasteiger charge is -2.43. The molecule has 0 aromatic heterocycles. The van der Waals surface area contributed by atoms with Crippen molar-refractivity contribution in [3.63, 3.8) is 0 Å². The Balaban J connectivity index is 0.00000180.